The van der Waals surface area contributed by atoms with E-state index in [1.807, 2.05) is 36.4 Å². The molecule has 1 atom stereocenters. The SMILES string of the molecule is O=C1N[C@H](c2ccccc2)Nc2c1sc1nc3c(c(-c4ccccc4)c21)CCC3. The predicted octanol–water partition coefficient (Wildman–Crippen LogP) is 5.31. The van der Waals surface area contributed by atoms with Crippen molar-refractivity contribution < 1.29 is 4.79 Å². The zero-order valence-corrected chi connectivity index (χ0v) is 16.6. The van der Waals surface area contributed by atoms with Crippen LogP contribution in [0.5, 0.6) is 0 Å². The third-order valence-corrected chi connectivity index (χ3v) is 6.91. The van der Waals surface area contributed by atoms with Gasteiger partial charge in [0.05, 0.1) is 5.69 Å². The summed E-state index contributed by atoms with van der Waals surface area (Å²) in [6, 6.07) is 20.6. The molecule has 1 amide bonds. The van der Waals surface area contributed by atoms with Crippen molar-refractivity contribution in [1.82, 2.24) is 10.3 Å². The lowest BCUT2D eigenvalue weighted by atomic mass is 9.95. The molecule has 6 rings (SSSR count). The van der Waals surface area contributed by atoms with Gasteiger partial charge in [0.15, 0.2) is 0 Å². The normalized spacial score (nSPS) is 17.5. The van der Waals surface area contributed by atoms with E-state index in [-0.39, 0.29) is 12.1 Å². The van der Waals surface area contributed by atoms with Crippen LogP contribution in [0.15, 0.2) is 60.7 Å². The van der Waals surface area contributed by atoms with Crippen molar-refractivity contribution in [3.63, 3.8) is 0 Å². The summed E-state index contributed by atoms with van der Waals surface area (Å²) in [7, 11) is 0. The van der Waals surface area contributed by atoms with Gasteiger partial charge in [-0.15, -0.1) is 11.3 Å². The van der Waals surface area contributed by atoms with E-state index in [1.165, 1.54) is 33.7 Å². The topological polar surface area (TPSA) is 54.0 Å². The maximum atomic E-state index is 13.0. The number of thiophene rings is 1. The van der Waals surface area contributed by atoms with Crippen molar-refractivity contribution in [2.75, 3.05) is 5.32 Å². The van der Waals surface area contributed by atoms with Crippen LogP contribution in [0, 0.1) is 0 Å². The number of hydrogen-bond donors (Lipinski definition) is 2. The van der Waals surface area contributed by atoms with Crippen molar-refractivity contribution in [2.24, 2.45) is 0 Å². The standard InChI is InChI=1S/C24H19N3OS/c28-23-21-20(26-22(27-23)15-10-5-2-6-11-15)19-18(14-8-3-1-4-9-14)16-12-7-13-17(16)25-24(19)29-21/h1-6,8-11,22,26H,7,12-13H2,(H,27,28)/t22-/m1/s1. The number of carbonyl (C=O) groups is 1. The summed E-state index contributed by atoms with van der Waals surface area (Å²) in [5.74, 6) is -0.0326. The number of nitrogens with one attached hydrogen (secondary N) is 2. The fraction of sp³-hybridized carbons (Fsp3) is 0.167. The lowest BCUT2D eigenvalue weighted by Gasteiger charge is -2.27. The second kappa shape index (κ2) is 6.42. The van der Waals surface area contributed by atoms with E-state index in [0.717, 1.165) is 45.6 Å². The molecule has 0 bridgehead atoms. The highest BCUT2D eigenvalue weighted by atomic mass is 32.1. The smallest absolute Gasteiger partial charge is 0.265 e. The number of aryl methyl sites for hydroxylation is 1. The molecule has 0 saturated heterocycles. The van der Waals surface area contributed by atoms with Crippen LogP contribution in [-0.2, 0) is 12.8 Å². The Morgan fingerprint density at radius 2 is 1.69 bits per heavy atom. The van der Waals surface area contributed by atoms with E-state index < -0.39 is 0 Å². The number of nitrogens with zero attached hydrogens (tertiary/aromatic N) is 1. The van der Waals surface area contributed by atoms with Gasteiger partial charge in [-0.2, -0.15) is 0 Å². The van der Waals surface area contributed by atoms with Crippen molar-refractivity contribution in [2.45, 2.75) is 25.4 Å². The molecular formula is C24H19N3OS. The van der Waals surface area contributed by atoms with Gasteiger partial charge >= 0.3 is 0 Å². The Morgan fingerprint density at radius 1 is 0.931 bits per heavy atom. The highest BCUT2D eigenvalue weighted by Crippen LogP contribution is 2.47. The zero-order chi connectivity index (χ0) is 19.4. The summed E-state index contributed by atoms with van der Waals surface area (Å²) < 4.78 is 0. The third kappa shape index (κ3) is 2.58. The number of anilines is 1. The summed E-state index contributed by atoms with van der Waals surface area (Å²) in [6.07, 6.45) is 2.95. The number of amides is 1. The molecule has 2 aliphatic rings. The van der Waals surface area contributed by atoms with Crippen LogP contribution >= 0.6 is 11.3 Å². The van der Waals surface area contributed by atoms with E-state index in [9.17, 15) is 4.79 Å². The number of benzene rings is 2. The highest BCUT2D eigenvalue weighted by molar-refractivity contribution is 7.21. The highest BCUT2D eigenvalue weighted by Gasteiger charge is 2.32. The second-order valence-corrected chi connectivity index (χ2v) is 8.58. The summed E-state index contributed by atoms with van der Waals surface area (Å²) in [5.41, 5.74) is 6.94. The third-order valence-electron chi connectivity index (χ3n) is 5.83. The molecule has 5 heteroatoms. The summed E-state index contributed by atoms with van der Waals surface area (Å²) >= 11 is 1.49. The fourth-order valence-electron chi connectivity index (χ4n) is 4.53. The van der Waals surface area contributed by atoms with Crippen LogP contribution in [0.1, 0.15) is 39.1 Å². The molecule has 2 aromatic carbocycles. The predicted molar refractivity (Wildman–Crippen MR) is 117 cm³/mol. The molecule has 2 N–H and O–H groups in total. The summed E-state index contributed by atoms with van der Waals surface area (Å²) in [4.78, 5) is 19.6. The maximum absolute atomic E-state index is 13.0. The number of aromatic nitrogens is 1. The van der Waals surface area contributed by atoms with Gasteiger partial charge in [0.25, 0.3) is 5.91 Å². The van der Waals surface area contributed by atoms with E-state index in [2.05, 4.69) is 34.9 Å². The molecule has 0 saturated carbocycles. The van der Waals surface area contributed by atoms with Gasteiger partial charge in [-0.05, 0) is 41.5 Å². The Labute approximate surface area is 172 Å². The molecular weight excluding hydrogens is 378 g/mol. The zero-order valence-electron chi connectivity index (χ0n) is 15.7. The van der Waals surface area contributed by atoms with Gasteiger partial charge in [0.2, 0.25) is 0 Å². The van der Waals surface area contributed by atoms with Gasteiger partial charge < -0.3 is 10.6 Å². The lowest BCUT2D eigenvalue weighted by molar-refractivity contribution is 0.0940. The van der Waals surface area contributed by atoms with Crippen molar-refractivity contribution in [1.29, 1.82) is 0 Å². The number of rotatable bonds is 2. The molecule has 0 unspecified atom stereocenters. The first-order valence-electron chi connectivity index (χ1n) is 9.95. The van der Waals surface area contributed by atoms with Crippen LogP contribution in [0.4, 0.5) is 5.69 Å². The molecule has 4 nitrogen and oxygen atoms in total. The van der Waals surface area contributed by atoms with Crippen LogP contribution in [0.3, 0.4) is 0 Å². The minimum atomic E-state index is -0.245. The van der Waals surface area contributed by atoms with E-state index in [1.54, 1.807) is 0 Å². The van der Waals surface area contributed by atoms with Gasteiger partial charge in [-0.1, -0.05) is 60.7 Å². The lowest BCUT2D eigenvalue weighted by Crippen LogP contribution is -2.37. The van der Waals surface area contributed by atoms with E-state index in [4.69, 9.17) is 4.98 Å². The molecule has 29 heavy (non-hydrogen) atoms. The molecule has 1 aliphatic heterocycles. The molecule has 3 heterocycles. The minimum Gasteiger partial charge on any atom is -0.360 e. The summed E-state index contributed by atoms with van der Waals surface area (Å²) in [6.45, 7) is 0. The number of fused-ring (bicyclic) bond motifs is 4. The second-order valence-electron chi connectivity index (χ2n) is 7.58. The number of carbonyl (C=O) groups excluding carboxylic acids is 1. The van der Waals surface area contributed by atoms with Gasteiger partial charge in [0.1, 0.15) is 15.9 Å². The van der Waals surface area contributed by atoms with Crippen LogP contribution < -0.4 is 10.6 Å². The summed E-state index contributed by atoms with van der Waals surface area (Å²) in [5, 5.41) is 7.80. The average Bonchev–Trinajstić information content (AvgIpc) is 3.38. The number of pyridine rings is 1. The maximum Gasteiger partial charge on any atom is 0.265 e. The monoisotopic (exact) mass is 397 g/mol. The molecule has 4 aromatic rings. The van der Waals surface area contributed by atoms with Crippen LogP contribution in [-0.4, -0.2) is 10.9 Å². The Kier molecular flexibility index (Phi) is 3.71. The quantitative estimate of drug-likeness (QED) is 0.482. The first kappa shape index (κ1) is 16.7. The minimum absolute atomic E-state index is 0.0326. The van der Waals surface area contributed by atoms with Crippen molar-refractivity contribution in [3.8, 4) is 11.1 Å². The molecule has 0 radical (unpaired) electrons. The van der Waals surface area contributed by atoms with Gasteiger partial charge in [-0.25, -0.2) is 4.98 Å². The van der Waals surface area contributed by atoms with E-state index in [0.29, 0.717) is 0 Å². The molecule has 2 aromatic heterocycles. The molecule has 142 valence electrons. The van der Waals surface area contributed by atoms with E-state index >= 15 is 0 Å². The Bertz CT molecular complexity index is 1250. The molecule has 1 aliphatic carbocycles. The first-order valence-corrected chi connectivity index (χ1v) is 10.8. The number of hydrogen-bond acceptors (Lipinski definition) is 4. The Morgan fingerprint density at radius 3 is 2.48 bits per heavy atom. The van der Waals surface area contributed by atoms with Crippen molar-refractivity contribution >= 4 is 33.1 Å². The van der Waals surface area contributed by atoms with Crippen LogP contribution in [0.2, 0.25) is 0 Å². The fourth-order valence-corrected chi connectivity index (χ4v) is 5.60. The Hall–Kier alpha value is -3.18. The first-order chi connectivity index (χ1) is 14.3. The average molecular weight is 398 g/mol. The largest absolute Gasteiger partial charge is 0.360 e. The van der Waals surface area contributed by atoms with Crippen LogP contribution in [0.25, 0.3) is 21.3 Å². The molecule has 0 fully saturated rings. The van der Waals surface area contributed by atoms with Gasteiger partial charge in [-0.3, -0.25) is 4.79 Å². The van der Waals surface area contributed by atoms with Crippen molar-refractivity contribution in [3.05, 3.63) is 82.4 Å². The molecule has 0 spiro atoms. The van der Waals surface area contributed by atoms with Gasteiger partial charge in [0, 0.05) is 11.1 Å². The Balaban J connectivity index is 1.62.